The van der Waals surface area contributed by atoms with Gasteiger partial charge >= 0.3 is 5.97 Å². The van der Waals surface area contributed by atoms with Crippen molar-refractivity contribution in [3.8, 4) is 0 Å². The molecule has 0 fully saturated rings. The molecule has 37 heavy (non-hydrogen) atoms. The maximum atomic E-state index is 12.8. The van der Waals surface area contributed by atoms with E-state index in [4.69, 9.17) is 23.2 Å². The third-order valence-electron chi connectivity index (χ3n) is 6.11. The minimum atomic E-state index is -3.55. The number of carbonyl (C=O) groups excluding carboxylic acids is 1. The molecule has 1 heterocycles. The number of carbonyl (C=O) groups is 2. The Balaban J connectivity index is 1.42. The van der Waals surface area contributed by atoms with E-state index >= 15 is 0 Å². The Bertz CT molecular complexity index is 1420. The Hall–Kier alpha value is -3.17. The highest BCUT2D eigenvalue weighted by molar-refractivity contribution is 7.89. The van der Waals surface area contributed by atoms with E-state index in [1.165, 1.54) is 16.4 Å². The van der Waals surface area contributed by atoms with E-state index in [1.807, 2.05) is 18.2 Å². The zero-order valence-electron chi connectivity index (χ0n) is 19.6. The molecular weight excluding hydrogens is 535 g/mol. The van der Waals surface area contributed by atoms with E-state index in [9.17, 15) is 23.1 Å². The van der Waals surface area contributed by atoms with Crippen molar-refractivity contribution in [2.45, 2.75) is 23.8 Å². The van der Waals surface area contributed by atoms with Crippen molar-refractivity contribution in [3.63, 3.8) is 0 Å². The molecule has 0 saturated carbocycles. The molecule has 3 aromatic rings. The number of halogens is 2. The van der Waals surface area contributed by atoms with Crippen molar-refractivity contribution >= 4 is 50.7 Å². The lowest BCUT2D eigenvalue weighted by atomic mass is 9.97. The van der Waals surface area contributed by atoms with Gasteiger partial charge in [0.25, 0.3) is 5.91 Å². The van der Waals surface area contributed by atoms with Gasteiger partial charge in [-0.15, -0.1) is 0 Å². The number of aliphatic carboxylic acids is 1. The summed E-state index contributed by atoms with van der Waals surface area (Å²) in [6, 6.07) is 19.1. The van der Waals surface area contributed by atoms with Crippen molar-refractivity contribution in [1.82, 2.24) is 9.62 Å². The first-order valence-electron chi connectivity index (χ1n) is 11.5. The van der Waals surface area contributed by atoms with Crippen LogP contribution in [0.1, 0.15) is 27.9 Å². The van der Waals surface area contributed by atoms with E-state index < -0.39 is 27.9 Å². The predicted molar refractivity (Wildman–Crippen MR) is 143 cm³/mol. The first-order valence-corrected chi connectivity index (χ1v) is 13.7. The molecule has 0 saturated heterocycles. The molecule has 192 valence electrons. The van der Waals surface area contributed by atoms with Crippen LogP contribution in [-0.2, 0) is 21.2 Å². The molecule has 7 nitrogen and oxygen atoms in total. The highest BCUT2D eigenvalue weighted by atomic mass is 35.5. The van der Waals surface area contributed by atoms with E-state index in [0.29, 0.717) is 18.5 Å². The topological polar surface area (TPSA) is 104 Å². The first-order chi connectivity index (χ1) is 17.7. The number of hydrogen-bond acceptors (Lipinski definition) is 4. The number of sulfonamides is 1. The van der Waals surface area contributed by atoms with Gasteiger partial charge in [0.05, 0.1) is 20.5 Å². The van der Waals surface area contributed by atoms with E-state index in [-0.39, 0.29) is 33.5 Å². The molecule has 4 rings (SSSR count). The number of carboxylic acids is 1. The van der Waals surface area contributed by atoms with Crippen molar-refractivity contribution < 1.29 is 23.1 Å². The van der Waals surface area contributed by atoms with Gasteiger partial charge in [0.1, 0.15) is 6.04 Å². The second-order valence-electron chi connectivity index (χ2n) is 8.52. The standard InChI is InChI=1S/C27H24Cl2N2O5S/c28-22-7-4-8-23(29)25(22)26(32)30-24(27(33)34)17-18-9-11-19(12-10-18)20-13-15-31(16-14-20)37(35,36)21-5-2-1-3-6-21/h1-13,24H,14-17H2,(H,30,32)(H,33,34)/t24-/m0/s1. The molecule has 2 N–H and O–H groups in total. The number of nitrogens with zero attached hydrogens (tertiary/aromatic N) is 1. The molecule has 1 aliphatic rings. The summed E-state index contributed by atoms with van der Waals surface area (Å²) in [5, 5.41) is 12.4. The Morgan fingerprint density at radius 1 is 0.946 bits per heavy atom. The van der Waals surface area contributed by atoms with Crippen molar-refractivity contribution in [3.05, 3.63) is 106 Å². The third-order valence-corrected chi connectivity index (χ3v) is 8.62. The van der Waals surface area contributed by atoms with Crippen molar-refractivity contribution in [2.75, 3.05) is 13.1 Å². The highest BCUT2D eigenvalue weighted by Crippen LogP contribution is 2.27. The van der Waals surface area contributed by atoms with Crippen LogP contribution < -0.4 is 5.32 Å². The predicted octanol–water partition coefficient (Wildman–Crippen LogP) is 4.90. The van der Waals surface area contributed by atoms with Gasteiger partial charge in [-0.2, -0.15) is 4.31 Å². The van der Waals surface area contributed by atoms with Gasteiger partial charge in [0.15, 0.2) is 0 Å². The minimum absolute atomic E-state index is 0.0278. The van der Waals surface area contributed by atoms with E-state index in [0.717, 1.165) is 11.1 Å². The fourth-order valence-electron chi connectivity index (χ4n) is 4.11. The lowest BCUT2D eigenvalue weighted by molar-refractivity contribution is -0.139. The van der Waals surface area contributed by atoms with Gasteiger partial charge in [0.2, 0.25) is 10.0 Å². The average molecular weight is 559 g/mol. The monoisotopic (exact) mass is 558 g/mol. The molecule has 1 aliphatic heterocycles. The van der Waals surface area contributed by atoms with Crippen LogP contribution in [0.5, 0.6) is 0 Å². The van der Waals surface area contributed by atoms with Gasteiger partial charge < -0.3 is 10.4 Å². The first kappa shape index (κ1) is 26.9. The molecule has 1 atom stereocenters. The smallest absolute Gasteiger partial charge is 0.326 e. The summed E-state index contributed by atoms with van der Waals surface area (Å²) in [4.78, 5) is 24.7. The van der Waals surface area contributed by atoms with Crippen molar-refractivity contribution in [2.24, 2.45) is 0 Å². The maximum absolute atomic E-state index is 12.8. The van der Waals surface area contributed by atoms with Crippen LogP contribution in [-0.4, -0.2) is 48.8 Å². The van der Waals surface area contributed by atoms with Gasteiger partial charge in [-0.05, 0) is 47.4 Å². The van der Waals surface area contributed by atoms with E-state index in [1.54, 1.807) is 48.5 Å². The zero-order valence-corrected chi connectivity index (χ0v) is 21.9. The van der Waals surface area contributed by atoms with Crippen LogP contribution in [0.3, 0.4) is 0 Å². The summed E-state index contributed by atoms with van der Waals surface area (Å²) in [6.07, 6.45) is 2.51. The summed E-state index contributed by atoms with van der Waals surface area (Å²) >= 11 is 12.1. The van der Waals surface area contributed by atoms with Crippen molar-refractivity contribution in [1.29, 1.82) is 0 Å². The molecule has 0 spiro atoms. The number of benzene rings is 3. The number of amides is 1. The van der Waals surface area contributed by atoms with Gasteiger partial charge in [-0.25, -0.2) is 13.2 Å². The molecule has 0 aliphatic carbocycles. The summed E-state index contributed by atoms with van der Waals surface area (Å²) < 4.78 is 27.1. The largest absolute Gasteiger partial charge is 0.480 e. The maximum Gasteiger partial charge on any atom is 0.326 e. The van der Waals surface area contributed by atoms with E-state index in [2.05, 4.69) is 5.32 Å². The lowest BCUT2D eigenvalue weighted by Crippen LogP contribution is -2.42. The summed E-state index contributed by atoms with van der Waals surface area (Å²) in [6.45, 7) is 0.634. The molecule has 0 bridgehead atoms. The molecular formula is C27H24Cl2N2O5S. The molecule has 1 amide bonds. The van der Waals surface area contributed by atoms with Crippen LogP contribution in [0, 0.1) is 0 Å². The zero-order chi connectivity index (χ0) is 26.6. The summed E-state index contributed by atoms with van der Waals surface area (Å²) in [5.74, 6) is -1.85. The van der Waals surface area contributed by atoms with Gasteiger partial charge in [0, 0.05) is 19.5 Å². The Kier molecular flexibility index (Phi) is 8.34. The SMILES string of the molecule is O=C(N[C@@H](Cc1ccc(C2=CCN(S(=O)(=O)c3ccccc3)CC2)cc1)C(=O)O)c1c(Cl)cccc1Cl. The molecule has 0 aromatic heterocycles. The van der Waals surface area contributed by atoms with Gasteiger partial charge in [-0.1, -0.05) is 77.8 Å². The lowest BCUT2D eigenvalue weighted by Gasteiger charge is -2.26. The Morgan fingerprint density at radius 3 is 2.16 bits per heavy atom. The van der Waals surface area contributed by atoms with Crippen LogP contribution in [0.4, 0.5) is 0 Å². The quantitative estimate of drug-likeness (QED) is 0.409. The molecule has 0 unspecified atom stereocenters. The van der Waals surface area contributed by atoms with Crippen LogP contribution in [0.15, 0.2) is 83.8 Å². The van der Waals surface area contributed by atoms with Crippen LogP contribution >= 0.6 is 23.2 Å². The number of hydrogen-bond donors (Lipinski definition) is 2. The average Bonchev–Trinajstić information content (AvgIpc) is 2.89. The van der Waals surface area contributed by atoms with Gasteiger partial charge in [-0.3, -0.25) is 4.79 Å². The number of rotatable bonds is 8. The molecule has 10 heteroatoms. The number of nitrogens with one attached hydrogen (secondary N) is 1. The van der Waals surface area contributed by atoms with Crippen LogP contribution in [0.25, 0.3) is 5.57 Å². The molecule has 0 radical (unpaired) electrons. The highest BCUT2D eigenvalue weighted by Gasteiger charge is 2.27. The summed E-state index contributed by atoms with van der Waals surface area (Å²) in [7, 11) is -3.55. The second-order valence-corrected chi connectivity index (χ2v) is 11.3. The second kappa shape index (κ2) is 11.5. The third kappa shape index (κ3) is 6.22. The minimum Gasteiger partial charge on any atom is -0.480 e. The Morgan fingerprint density at radius 2 is 1.59 bits per heavy atom. The van der Waals surface area contributed by atoms with Crippen LogP contribution in [0.2, 0.25) is 10.0 Å². The normalized spacial score (nSPS) is 15.0. The number of carboxylic acid groups (broad SMARTS) is 1. The molecule has 3 aromatic carbocycles. The Labute approximate surface area is 225 Å². The fourth-order valence-corrected chi connectivity index (χ4v) is 6.08. The summed E-state index contributed by atoms with van der Waals surface area (Å²) in [5.41, 5.74) is 2.69. The fraction of sp³-hybridized carbons (Fsp3) is 0.185.